The van der Waals surface area contributed by atoms with Gasteiger partial charge in [0, 0.05) is 29.0 Å². The number of carbonyl (C=O) groups is 2. The number of nitriles is 1. The number of hydrogen-bond donors (Lipinski definition) is 3. The molecule has 17 heteroatoms. The second kappa shape index (κ2) is 11.2. The molecule has 0 atom stereocenters. The summed E-state index contributed by atoms with van der Waals surface area (Å²) in [7, 11) is 0. The van der Waals surface area contributed by atoms with Crippen LogP contribution in [0.5, 0.6) is 0 Å². The van der Waals surface area contributed by atoms with Gasteiger partial charge in [0.1, 0.15) is 11.5 Å². The number of nitrogens with one attached hydrogen (secondary N) is 3. The highest BCUT2D eigenvalue weighted by atomic mass is 32.1. The Morgan fingerprint density at radius 2 is 1.96 bits per heavy atom. The van der Waals surface area contributed by atoms with Gasteiger partial charge in [-0.1, -0.05) is 6.07 Å². The second-order valence-corrected chi connectivity index (χ2v) is 12.1. The first-order valence-corrected chi connectivity index (χ1v) is 14.5. The van der Waals surface area contributed by atoms with Crippen molar-refractivity contribution >= 4 is 34.2 Å². The number of hydrogen-bond acceptors (Lipinski definition) is 8. The summed E-state index contributed by atoms with van der Waals surface area (Å²) in [6, 6.07) is 8.92. The van der Waals surface area contributed by atoms with Crippen molar-refractivity contribution in [2.45, 2.75) is 38.5 Å². The number of halogens is 4. The minimum absolute atomic E-state index is 0.0708. The average Bonchev–Trinajstić information content (AvgIpc) is 3.72. The molecule has 236 valence electrons. The van der Waals surface area contributed by atoms with Crippen molar-refractivity contribution in [2.24, 2.45) is 0 Å². The highest BCUT2D eigenvalue weighted by molar-refractivity contribution is 7.03. The number of rotatable bonds is 7. The van der Waals surface area contributed by atoms with E-state index in [1.54, 1.807) is 32.2 Å². The molecular formula is C29H23F4N9O3S. The third kappa shape index (κ3) is 5.74. The smallest absolute Gasteiger partial charge is 0.348 e. The van der Waals surface area contributed by atoms with Crippen molar-refractivity contribution in [1.82, 2.24) is 39.6 Å². The summed E-state index contributed by atoms with van der Waals surface area (Å²) >= 11 is 0.536. The normalized spacial score (nSPS) is 13.6. The number of nitrogens with zero attached hydrogens (tertiary/aromatic N) is 6. The lowest BCUT2D eigenvalue weighted by Crippen LogP contribution is -2.52. The third-order valence-electron chi connectivity index (χ3n) is 7.49. The predicted octanol–water partition coefficient (Wildman–Crippen LogP) is 3.86. The van der Waals surface area contributed by atoms with E-state index >= 15 is 4.39 Å². The van der Waals surface area contributed by atoms with Crippen molar-refractivity contribution in [1.29, 1.82) is 5.26 Å². The SMILES string of the molecule is CC(C)(Cn1nc(C(F)(F)F)cc1-c1nsc(=O)[nH]1)NC(=O)CN1CCc2c(-c3cc4cn[nH]c4cc3C#N)ccc(F)c2C1=O. The van der Waals surface area contributed by atoms with Gasteiger partial charge in [0.15, 0.2) is 11.5 Å². The summed E-state index contributed by atoms with van der Waals surface area (Å²) in [6.45, 7) is 2.48. The van der Waals surface area contributed by atoms with Crippen molar-refractivity contribution in [3.8, 4) is 28.7 Å². The molecule has 4 heterocycles. The first-order valence-electron chi connectivity index (χ1n) is 13.7. The molecule has 0 fully saturated rings. The van der Waals surface area contributed by atoms with Gasteiger partial charge in [0.25, 0.3) is 5.91 Å². The summed E-state index contributed by atoms with van der Waals surface area (Å²) in [6.07, 6.45) is -2.99. The Kier molecular flexibility index (Phi) is 7.47. The Bertz CT molecular complexity index is 2120. The maximum atomic E-state index is 15.1. The van der Waals surface area contributed by atoms with Gasteiger partial charge in [-0.15, -0.1) is 0 Å². The fourth-order valence-electron chi connectivity index (χ4n) is 5.54. The number of carbonyl (C=O) groups excluding carboxylic acids is 2. The monoisotopic (exact) mass is 653 g/mol. The fourth-order valence-corrected chi connectivity index (χ4v) is 5.99. The molecule has 46 heavy (non-hydrogen) atoms. The number of alkyl halides is 3. The topological polar surface area (TPSA) is 165 Å². The van der Waals surface area contributed by atoms with Crippen molar-refractivity contribution in [3.63, 3.8) is 0 Å². The van der Waals surface area contributed by atoms with E-state index in [4.69, 9.17) is 0 Å². The standard InChI is InChI=1S/C29H23F4N9O3S/c1-28(2,13-42-21(25-36-27(45)46-40-25)9-22(39-42)29(31,32)33)37-23(43)12-41-6-5-17-16(3-4-19(30)24(17)26(41)44)18-7-15-11-35-38-20(15)8-14(18)10-34/h3-4,7-9,11H,5-6,12-13H2,1-2H3,(H,35,38)(H,37,43)(H,36,40,45). The molecule has 0 unspecified atom stereocenters. The van der Waals surface area contributed by atoms with Crippen molar-refractivity contribution < 1.29 is 27.2 Å². The molecule has 1 aliphatic heterocycles. The van der Waals surface area contributed by atoms with Crippen LogP contribution in [0.3, 0.4) is 0 Å². The van der Waals surface area contributed by atoms with E-state index in [9.17, 15) is 32.8 Å². The number of amides is 2. The van der Waals surface area contributed by atoms with Crippen LogP contribution in [0.1, 0.15) is 41.0 Å². The first-order chi connectivity index (χ1) is 21.7. The zero-order valence-corrected chi connectivity index (χ0v) is 24.9. The summed E-state index contributed by atoms with van der Waals surface area (Å²) in [5, 5.41) is 23.6. The maximum Gasteiger partial charge on any atom is 0.435 e. The highest BCUT2D eigenvalue weighted by Gasteiger charge is 2.37. The molecule has 12 nitrogen and oxygen atoms in total. The zero-order valence-electron chi connectivity index (χ0n) is 24.1. The number of benzene rings is 2. The molecule has 1 aliphatic rings. The van der Waals surface area contributed by atoms with Crippen LogP contribution in [-0.4, -0.2) is 64.7 Å². The van der Waals surface area contributed by atoms with Gasteiger partial charge in [-0.05, 0) is 55.7 Å². The number of H-pyrrole nitrogens is 2. The van der Waals surface area contributed by atoms with Crippen molar-refractivity contribution in [2.75, 3.05) is 13.1 Å². The molecule has 3 N–H and O–H groups in total. The molecule has 2 aromatic carbocycles. The Morgan fingerprint density at radius 3 is 2.65 bits per heavy atom. The minimum atomic E-state index is -4.77. The highest BCUT2D eigenvalue weighted by Crippen LogP contribution is 2.36. The molecule has 0 aliphatic carbocycles. The Hall–Kier alpha value is -5.37. The molecule has 0 radical (unpaired) electrons. The number of aromatic amines is 2. The summed E-state index contributed by atoms with van der Waals surface area (Å²) < 4.78 is 60.4. The van der Waals surface area contributed by atoms with Crippen LogP contribution in [0.15, 0.2) is 41.3 Å². The van der Waals surface area contributed by atoms with Gasteiger partial charge >= 0.3 is 11.0 Å². The van der Waals surface area contributed by atoms with Crippen LogP contribution in [0.4, 0.5) is 17.6 Å². The lowest BCUT2D eigenvalue weighted by Gasteiger charge is -2.32. The van der Waals surface area contributed by atoms with Gasteiger partial charge in [-0.25, -0.2) is 4.39 Å². The van der Waals surface area contributed by atoms with Crippen LogP contribution in [0.25, 0.3) is 33.5 Å². The molecule has 5 aromatic rings. The van der Waals surface area contributed by atoms with Gasteiger partial charge < -0.3 is 10.2 Å². The lowest BCUT2D eigenvalue weighted by molar-refractivity contribution is -0.141. The summed E-state index contributed by atoms with van der Waals surface area (Å²) in [4.78, 5) is 41.2. The van der Waals surface area contributed by atoms with Crippen LogP contribution in [0, 0.1) is 17.1 Å². The zero-order chi connectivity index (χ0) is 33.0. The fraction of sp³-hybridized carbons (Fsp3) is 0.276. The molecular weight excluding hydrogens is 630 g/mol. The number of fused-ring (bicyclic) bond motifs is 2. The molecule has 0 spiro atoms. The Balaban J connectivity index is 1.22. The van der Waals surface area contributed by atoms with Crippen LogP contribution >= 0.6 is 11.5 Å². The average molecular weight is 654 g/mol. The van der Waals surface area contributed by atoms with Gasteiger partial charge in [0.2, 0.25) is 5.91 Å². The molecule has 3 aromatic heterocycles. The first kappa shape index (κ1) is 30.6. The minimum Gasteiger partial charge on any atom is -0.348 e. The summed E-state index contributed by atoms with van der Waals surface area (Å²) in [5.41, 5.74) is -0.297. The molecule has 2 amide bonds. The van der Waals surface area contributed by atoms with E-state index in [-0.39, 0.29) is 36.6 Å². The van der Waals surface area contributed by atoms with E-state index in [2.05, 4.69) is 36.0 Å². The molecule has 0 saturated carbocycles. The lowest BCUT2D eigenvalue weighted by atomic mass is 9.87. The Morgan fingerprint density at radius 1 is 1.17 bits per heavy atom. The maximum absolute atomic E-state index is 15.1. The third-order valence-corrected chi connectivity index (χ3v) is 8.04. The van der Waals surface area contributed by atoms with Crippen LogP contribution in [-0.2, 0) is 23.9 Å². The molecule has 6 rings (SSSR count). The van der Waals surface area contributed by atoms with E-state index in [0.717, 1.165) is 22.2 Å². The van der Waals surface area contributed by atoms with Crippen LogP contribution < -0.4 is 10.2 Å². The van der Waals surface area contributed by atoms with Gasteiger partial charge in [0.05, 0.1) is 47.5 Å². The largest absolute Gasteiger partial charge is 0.435 e. The van der Waals surface area contributed by atoms with Crippen molar-refractivity contribution in [3.05, 3.63) is 74.4 Å². The van der Waals surface area contributed by atoms with E-state index in [1.807, 2.05) is 0 Å². The van der Waals surface area contributed by atoms with Gasteiger partial charge in [-0.3, -0.25) is 29.1 Å². The molecule has 0 bridgehead atoms. The van der Waals surface area contributed by atoms with Gasteiger partial charge in [-0.2, -0.15) is 33.0 Å². The quantitative estimate of drug-likeness (QED) is 0.225. The van der Waals surface area contributed by atoms with E-state index in [0.29, 0.717) is 39.3 Å². The molecule has 0 saturated heterocycles. The predicted molar refractivity (Wildman–Crippen MR) is 157 cm³/mol. The van der Waals surface area contributed by atoms with Crippen LogP contribution in [0.2, 0.25) is 0 Å². The van der Waals surface area contributed by atoms with E-state index < -0.39 is 46.5 Å². The Labute approximate surface area is 260 Å². The van der Waals surface area contributed by atoms with E-state index in [1.165, 1.54) is 11.0 Å². The number of aromatic nitrogens is 6. The second-order valence-electron chi connectivity index (χ2n) is 11.3. The summed E-state index contributed by atoms with van der Waals surface area (Å²) in [5.74, 6) is -2.23.